The lowest BCUT2D eigenvalue weighted by Gasteiger charge is -2.39. The normalized spacial score (nSPS) is 20.9. The molecule has 0 N–H and O–H groups in total. The molecule has 1 aliphatic carbocycles. The second-order valence-corrected chi connectivity index (χ2v) is 12.0. The van der Waals surface area contributed by atoms with Crippen LogP contribution in [-0.2, 0) is 22.5 Å². The molecule has 7 nitrogen and oxygen atoms in total. The Hall–Kier alpha value is -1.80. The fourth-order valence-corrected chi connectivity index (χ4v) is 4.64. The third kappa shape index (κ3) is 4.75. The Morgan fingerprint density at radius 2 is 1.87 bits per heavy atom. The quantitative estimate of drug-likeness (QED) is 0.657. The Kier molecular flexibility index (Phi) is 6.13. The van der Waals surface area contributed by atoms with Crippen LogP contribution >= 0.6 is 0 Å². The van der Waals surface area contributed by atoms with Crippen LogP contribution in [0.5, 0.6) is 5.88 Å². The number of fused-ring (bicyclic) bond motifs is 1. The van der Waals surface area contributed by atoms with E-state index in [2.05, 4.69) is 4.98 Å². The van der Waals surface area contributed by atoms with Crippen LogP contribution in [0.3, 0.4) is 0 Å². The number of rotatable bonds is 2. The van der Waals surface area contributed by atoms with Gasteiger partial charge in [-0.3, -0.25) is 0 Å². The minimum Gasteiger partial charge on any atom is -0.591 e. The van der Waals surface area contributed by atoms with Crippen LogP contribution in [0.2, 0.25) is 0 Å². The second-order valence-electron chi connectivity index (χ2n) is 10.1. The van der Waals surface area contributed by atoms with E-state index in [1.165, 1.54) is 0 Å². The van der Waals surface area contributed by atoms with E-state index >= 15 is 0 Å². The number of amides is 1. The third-order valence-electron chi connectivity index (χ3n) is 5.53. The number of ether oxygens (including phenoxy) is 2. The second kappa shape index (κ2) is 8.04. The van der Waals surface area contributed by atoms with Gasteiger partial charge in [0, 0.05) is 36.3 Å². The van der Waals surface area contributed by atoms with Crippen LogP contribution in [0.25, 0.3) is 0 Å². The van der Waals surface area contributed by atoms with Crippen LogP contribution in [0.4, 0.5) is 4.79 Å². The summed E-state index contributed by atoms with van der Waals surface area (Å²) in [6, 6.07) is 1.94. The molecule has 1 amide bonds. The monoisotopic (exact) mass is 435 g/mol. The molecule has 0 bridgehead atoms. The average Bonchev–Trinajstić information content (AvgIpc) is 2.92. The van der Waals surface area contributed by atoms with E-state index in [4.69, 9.17) is 13.9 Å². The van der Waals surface area contributed by atoms with Gasteiger partial charge < -0.3 is 18.9 Å². The van der Waals surface area contributed by atoms with E-state index < -0.39 is 21.7 Å². The Labute approximate surface area is 182 Å². The van der Waals surface area contributed by atoms with Gasteiger partial charge in [0.15, 0.2) is 0 Å². The molecule has 2 aliphatic rings. The summed E-state index contributed by atoms with van der Waals surface area (Å²) < 4.78 is 28.0. The van der Waals surface area contributed by atoms with Gasteiger partial charge in [0.25, 0.3) is 0 Å². The first-order chi connectivity index (χ1) is 13.8. The summed E-state index contributed by atoms with van der Waals surface area (Å²) in [6.07, 6.45) is 3.76. The number of piperidine rings is 1. The molecule has 1 aliphatic heterocycles. The van der Waals surface area contributed by atoms with Crippen molar-refractivity contribution in [2.24, 2.45) is 9.81 Å². The minimum atomic E-state index is -1.38. The van der Waals surface area contributed by atoms with Crippen molar-refractivity contribution in [3.63, 3.8) is 0 Å². The summed E-state index contributed by atoms with van der Waals surface area (Å²) in [5, 5.41) is 0. The van der Waals surface area contributed by atoms with Crippen molar-refractivity contribution in [2.45, 2.75) is 71.2 Å². The van der Waals surface area contributed by atoms with Crippen LogP contribution in [-0.4, -0.2) is 56.8 Å². The van der Waals surface area contributed by atoms with E-state index in [1.54, 1.807) is 18.2 Å². The highest BCUT2D eigenvalue weighted by molar-refractivity contribution is 7.91. The number of likely N-dealkylation sites (tertiary alicyclic amines) is 1. The molecule has 30 heavy (non-hydrogen) atoms. The summed E-state index contributed by atoms with van der Waals surface area (Å²) in [4.78, 5) is 18.6. The standard InChI is InChI=1S/C22H33N3O4S/c1-20(2,3)29-19(26)25-10-8-22(9-11-25)13-15-12-17(28-7)23-14-16(15)18(22)24-30(27)21(4,5)6/h12,14H,8-11,13H2,1-7H3/b24-18-/t30-/m1/s1. The van der Waals surface area contributed by atoms with Gasteiger partial charge in [-0.05, 0) is 66.4 Å². The molecule has 1 fully saturated rings. The highest BCUT2D eigenvalue weighted by Crippen LogP contribution is 2.46. The highest BCUT2D eigenvalue weighted by atomic mass is 32.2. The fourth-order valence-electron chi connectivity index (χ4n) is 3.90. The summed E-state index contributed by atoms with van der Waals surface area (Å²) in [7, 11) is 1.60. The first-order valence-electron chi connectivity index (χ1n) is 10.4. The maximum absolute atomic E-state index is 12.9. The van der Waals surface area contributed by atoms with Gasteiger partial charge in [-0.15, -0.1) is 0 Å². The first kappa shape index (κ1) is 22.9. The Morgan fingerprint density at radius 3 is 2.40 bits per heavy atom. The predicted molar refractivity (Wildman–Crippen MR) is 118 cm³/mol. The number of nitrogens with zero attached hydrogens (tertiary/aromatic N) is 3. The molecule has 2 heterocycles. The van der Waals surface area contributed by atoms with Crippen molar-refractivity contribution >= 4 is 23.2 Å². The van der Waals surface area contributed by atoms with Gasteiger partial charge in [-0.2, -0.15) is 0 Å². The van der Waals surface area contributed by atoms with Gasteiger partial charge in [-0.1, -0.05) is 4.40 Å². The number of carbonyl (C=O) groups is 1. The fraction of sp³-hybridized carbons (Fsp3) is 0.682. The number of methoxy groups -OCH3 is 1. The molecule has 166 valence electrons. The van der Waals surface area contributed by atoms with Crippen LogP contribution in [0.1, 0.15) is 65.5 Å². The molecule has 8 heteroatoms. The lowest BCUT2D eigenvalue weighted by Crippen LogP contribution is -2.47. The van der Waals surface area contributed by atoms with Gasteiger partial charge in [0.2, 0.25) is 5.88 Å². The highest BCUT2D eigenvalue weighted by Gasteiger charge is 2.48. The molecule has 0 saturated carbocycles. The molecule has 1 atom stereocenters. The van der Waals surface area contributed by atoms with Gasteiger partial charge in [0.1, 0.15) is 27.4 Å². The maximum Gasteiger partial charge on any atom is 0.410 e. The zero-order chi connectivity index (χ0) is 22.3. The maximum atomic E-state index is 12.9. The van der Waals surface area contributed by atoms with E-state index in [9.17, 15) is 9.35 Å². The van der Waals surface area contributed by atoms with Crippen molar-refractivity contribution in [1.82, 2.24) is 9.88 Å². The van der Waals surface area contributed by atoms with Crippen molar-refractivity contribution in [1.29, 1.82) is 0 Å². The number of hydrogen-bond acceptors (Lipinski definition) is 6. The smallest absolute Gasteiger partial charge is 0.410 e. The summed E-state index contributed by atoms with van der Waals surface area (Å²) in [5.41, 5.74) is 2.13. The third-order valence-corrected chi connectivity index (χ3v) is 6.93. The zero-order valence-electron chi connectivity index (χ0n) is 19.1. The zero-order valence-corrected chi connectivity index (χ0v) is 19.9. The van der Waals surface area contributed by atoms with E-state index in [-0.39, 0.29) is 11.5 Å². The minimum absolute atomic E-state index is 0.254. The predicted octanol–water partition coefficient (Wildman–Crippen LogP) is 3.91. The summed E-state index contributed by atoms with van der Waals surface area (Å²) in [6.45, 7) is 12.5. The first-order valence-corrected chi connectivity index (χ1v) is 11.5. The summed E-state index contributed by atoms with van der Waals surface area (Å²) in [5.74, 6) is 0.563. The van der Waals surface area contributed by atoms with E-state index in [0.717, 1.165) is 36.1 Å². The van der Waals surface area contributed by atoms with Gasteiger partial charge in [-0.25, -0.2) is 9.78 Å². The molecule has 1 aromatic rings. The number of aromatic nitrogens is 1. The lowest BCUT2D eigenvalue weighted by atomic mass is 9.75. The average molecular weight is 436 g/mol. The van der Waals surface area contributed by atoms with Crippen molar-refractivity contribution in [3.8, 4) is 5.88 Å². The van der Waals surface area contributed by atoms with Gasteiger partial charge in [0.05, 0.1) is 7.11 Å². The molecule has 0 aromatic carbocycles. The topological polar surface area (TPSA) is 87.1 Å². The van der Waals surface area contributed by atoms with E-state index in [0.29, 0.717) is 19.0 Å². The molecule has 0 unspecified atom stereocenters. The largest absolute Gasteiger partial charge is 0.591 e. The summed E-state index contributed by atoms with van der Waals surface area (Å²) >= 11 is -1.38. The SMILES string of the molecule is COc1cc2c(cn1)/C(=N/[S@+]([O-])C(C)(C)C)C1(CCN(C(=O)OC(C)(C)C)CC1)C2. The Balaban J connectivity index is 1.89. The molecule has 1 spiro atoms. The van der Waals surface area contributed by atoms with Crippen LogP contribution < -0.4 is 4.74 Å². The van der Waals surface area contributed by atoms with E-state index in [1.807, 2.05) is 47.6 Å². The van der Waals surface area contributed by atoms with Crippen molar-refractivity contribution < 1.29 is 18.8 Å². The molecule has 0 radical (unpaired) electrons. The van der Waals surface area contributed by atoms with Gasteiger partial charge >= 0.3 is 6.09 Å². The number of hydrogen-bond donors (Lipinski definition) is 0. The molecular formula is C22H33N3O4S. The Bertz CT molecular complexity index is 834. The number of carbonyl (C=O) groups excluding carboxylic acids is 1. The lowest BCUT2D eigenvalue weighted by molar-refractivity contribution is 0.0159. The van der Waals surface area contributed by atoms with Crippen LogP contribution in [0, 0.1) is 5.41 Å². The molecule has 1 aromatic heterocycles. The molecule has 1 saturated heterocycles. The van der Waals surface area contributed by atoms with Crippen LogP contribution in [0.15, 0.2) is 16.7 Å². The Morgan fingerprint density at radius 1 is 1.23 bits per heavy atom. The number of pyridine rings is 1. The molecular weight excluding hydrogens is 402 g/mol. The molecule has 3 rings (SSSR count). The van der Waals surface area contributed by atoms with Crippen molar-refractivity contribution in [3.05, 3.63) is 23.4 Å². The van der Waals surface area contributed by atoms with Crippen molar-refractivity contribution in [2.75, 3.05) is 20.2 Å².